The number of hydrogen-bond acceptors (Lipinski definition) is 2. The fourth-order valence-corrected chi connectivity index (χ4v) is 1.57. The van der Waals surface area contributed by atoms with Crippen LogP contribution >= 0.6 is 24.2 Å². The molecular weight excluding hydrogens is 216 g/mol. The van der Waals surface area contributed by atoms with Gasteiger partial charge in [-0.3, -0.25) is 0 Å². The summed E-state index contributed by atoms with van der Waals surface area (Å²) in [6, 6.07) is 7.76. The molecule has 1 aromatic carbocycles. The number of benzene rings is 1. The zero-order valence-electron chi connectivity index (χ0n) is 8.08. The third-order valence-electron chi connectivity index (χ3n) is 1.85. The van der Waals surface area contributed by atoms with Crippen molar-refractivity contribution in [2.24, 2.45) is 0 Å². The summed E-state index contributed by atoms with van der Waals surface area (Å²) >= 11 is 9.97. The molecule has 0 saturated heterocycles. The monoisotopic (exact) mass is 230 g/mol. The Balaban J connectivity index is 2.18. The molecule has 0 bridgehead atoms. The first-order chi connectivity index (χ1) is 6.83. The Hall–Kier alpha value is -0.180. The quantitative estimate of drug-likeness (QED) is 0.581. The van der Waals surface area contributed by atoms with E-state index in [1.54, 1.807) is 0 Å². The van der Waals surface area contributed by atoms with E-state index in [0.717, 1.165) is 35.8 Å². The van der Waals surface area contributed by atoms with Gasteiger partial charge in [0.25, 0.3) is 0 Å². The average molecular weight is 231 g/mol. The maximum atomic E-state index is 5.84. The maximum Gasteiger partial charge on any atom is 0.0717 e. The van der Waals surface area contributed by atoms with Crippen LogP contribution in [0.25, 0.3) is 0 Å². The van der Waals surface area contributed by atoms with Gasteiger partial charge in [-0.1, -0.05) is 23.7 Å². The molecule has 1 aromatic rings. The van der Waals surface area contributed by atoms with E-state index in [1.165, 1.54) is 0 Å². The Kier molecular flexibility index (Phi) is 6.08. The smallest absolute Gasteiger partial charge is 0.0717 e. The van der Waals surface area contributed by atoms with Crippen molar-refractivity contribution < 1.29 is 4.74 Å². The summed E-state index contributed by atoms with van der Waals surface area (Å²) in [5.41, 5.74) is 1.13. The van der Waals surface area contributed by atoms with E-state index in [-0.39, 0.29) is 0 Å². The zero-order chi connectivity index (χ0) is 10.2. The molecule has 0 atom stereocenters. The highest BCUT2D eigenvalue weighted by molar-refractivity contribution is 7.80. The van der Waals surface area contributed by atoms with Crippen LogP contribution in [0.15, 0.2) is 24.3 Å². The van der Waals surface area contributed by atoms with Crippen molar-refractivity contribution in [3.8, 4) is 0 Å². The van der Waals surface area contributed by atoms with Crippen molar-refractivity contribution >= 4 is 24.2 Å². The second kappa shape index (κ2) is 7.16. The largest absolute Gasteiger partial charge is 0.377 e. The zero-order valence-corrected chi connectivity index (χ0v) is 9.73. The van der Waals surface area contributed by atoms with Crippen molar-refractivity contribution in [3.05, 3.63) is 34.9 Å². The van der Waals surface area contributed by atoms with E-state index in [9.17, 15) is 0 Å². The molecule has 0 saturated carbocycles. The van der Waals surface area contributed by atoms with E-state index in [2.05, 4.69) is 12.6 Å². The standard InChI is InChI=1S/C11H15ClOS/c12-11-5-3-4-10(8-11)9-13-6-1-2-7-14/h3-5,8,14H,1-2,6-7,9H2. The van der Waals surface area contributed by atoms with Gasteiger partial charge >= 0.3 is 0 Å². The molecule has 1 nitrogen and oxygen atoms in total. The van der Waals surface area contributed by atoms with Crippen molar-refractivity contribution in [3.63, 3.8) is 0 Å². The Labute approximate surface area is 95.8 Å². The average Bonchev–Trinajstić information content (AvgIpc) is 2.18. The van der Waals surface area contributed by atoms with Gasteiger partial charge in [0.05, 0.1) is 6.61 Å². The first-order valence-corrected chi connectivity index (χ1v) is 5.77. The highest BCUT2D eigenvalue weighted by Gasteiger charge is 1.94. The predicted octanol–water partition coefficient (Wildman–Crippen LogP) is 3.57. The van der Waals surface area contributed by atoms with Crippen LogP contribution in [0.2, 0.25) is 5.02 Å². The topological polar surface area (TPSA) is 9.23 Å². The molecule has 0 aliphatic heterocycles. The Morgan fingerprint density at radius 3 is 2.86 bits per heavy atom. The highest BCUT2D eigenvalue weighted by atomic mass is 35.5. The molecule has 14 heavy (non-hydrogen) atoms. The van der Waals surface area contributed by atoms with Crippen LogP contribution in [0, 0.1) is 0 Å². The van der Waals surface area contributed by atoms with Gasteiger partial charge in [-0.25, -0.2) is 0 Å². The fraction of sp³-hybridized carbons (Fsp3) is 0.455. The molecule has 0 radical (unpaired) electrons. The van der Waals surface area contributed by atoms with Crippen LogP contribution in [-0.2, 0) is 11.3 Å². The Bertz CT molecular complexity index is 265. The summed E-state index contributed by atoms with van der Waals surface area (Å²) in [6.07, 6.45) is 2.18. The molecule has 0 fully saturated rings. The lowest BCUT2D eigenvalue weighted by Crippen LogP contribution is -1.95. The lowest BCUT2D eigenvalue weighted by atomic mass is 10.2. The molecule has 0 unspecified atom stereocenters. The minimum Gasteiger partial charge on any atom is -0.377 e. The second-order valence-electron chi connectivity index (χ2n) is 3.11. The molecule has 0 aliphatic carbocycles. The summed E-state index contributed by atoms with van der Waals surface area (Å²) < 4.78 is 5.48. The van der Waals surface area contributed by atoms with Gasteiger partial charge in [0.15, 0.2) is 0 Å². The molecular formula is C11H15ClOS. The fourth-order valence-electron chi connectivity index (χ4n) is 1.13. The summed E-state index contributed by atoms with van der Waals surface area (Å²) in [5.74, 6) is 0.931. The molecule has 0 spiro atoms. The lowest BCUT2D eigenvalue weighted by molar-refractivity contribution is 0.118. The highest BCUT2D eigenvalue weighted by Crippen LogP contribution is 2.11. The normalized spacial score (nSPS) is 10.4. The predicted molar refractivity (Wildman–Crippen MR) is 64.2 cm³/mol. The minimum atomic E-state index is 0.646. The third kappa shape index (κ3) is 4.89. The molecule has 0 aromatic heterocycles. The first kappa shape index (κ1) is 11.9. The number of halogens is 1. The van der Waals surface area contributed by atoms with Crippen LogP contribution in [0.4, 0.5) is 0 Å². The molecule has 0 heterocycles. The van der Waals surface area contributed by atoms with E-state index < -0.39 is 0 Å². The summed E-state index contributed by atoms with van der Waals surface area (Å²) in [7, 11) is 0. The summed E-state index contributed by atoms with van der Waals surface area (Å²) in [6.45, 7) is 1.44. The maximum absolute atomic E-state index is 5.84. The van der Waals surface area contributed by atoms with Crippen molar-refractivity contribution in [1.82, 2.24) is 0 Å². The molecule has 0 aliphatic rings. The molecule has 0 N–H and O–H groups in total. The second-order valence-corrected chi connectivity index (χ2v) is 4.00. The van der Waals surface area contributed by atoms with Gasteiger partial charge in [-0.05, 0) is 36.3 Å². The third-order valence-corrected chi connectivity index (χ3v) is 2.41. The van der Waals surface area contributed by atoms with E-state index in [1.807, 2.05) is 24.3 Å². The van der Waals surface area contributed by atoms with Crippen molar-refractivity contribution in [2.75, 3.05) is 12.4 Å². The van der Waals surface area contributed by atoms with Gasteiger partial charge in [0.2, 0.25) is 0 Å². The summed E-state index contributed by atoms with van der Waals surface area (Å²) in [5, 5.41) is 0.765. The Morgan fingerprint density at radius 2 is 2.14 bits per heavy atom. The number of rotatable bonds is 6. The molecule has 1 rings (SSSR count). The summed E-state index contributed by atoms with van der Waals surface area (Å²) in [4.78, 5) is 0. The lowest BCUT2D eigenvalue weighted by Gasteiger charge is -2.03. The van der Waals surface area contributed by atoms with E-state index >= 15 is 0 Å². The van der Waals surface area contributed by atoms with Gasteiger partial charge in [-0.15, -0.1) is 0 Å². The van der Waals surface area contributed by atoms with Crippen molar-refractivity contribution in [1.29, 1.82) is 0 Å². The van der Waals surface area contributed by atoms with Crippen LogP contribution in [0.5, 0.6) is 0 Å². The first-order valence-electron chi connectivity index (χ1n) is 4.76. The number of unbranched alkanes of at least 4 members (excludes halogenated alkanes) is 1. The van der Waals surface area contributed by atoms with Crippen LogP contribution < -0.4 is 0 Å². The Morgan fingerprint density at radius 1 is 1.29 bits per heavy atom. The van der Waals surface area contributed by atoms with Gasteiger partial charge in [-0.2, -0.15) is 12.6 Å². The van der Waals surface area contributed by atoms with Gasteiger partial charge in [0.1, 0.15) is 0 Å². The molecule has 78 valence electrons. The van der Waals surface area contributed by atoms with Crippen LogP contribution in [-0.4, -0.2) is 12.4 Å². The van der Waals surface area contributed by atoms with Crippen LogP contribution in [0.1, 0.15) is 18.4 Å². The number of ether oxygens (including phenoxy) is 1. The number of thiol groups is 1. The van der Waals surface area contributed by atoms with Gasteiger partial charge < -0.3 is 4.74 Å². The van der Waals surface area contributed by atoms with Crippen molar-refractivity contribution in [2.45, 2.75) is 19.4 Å². The van der Waals surface area contributed by atoms with Gasteiger partial charge in [0, 0.05) is 11.6 Å². The molecule has 3 heteroatoms. The minimum absolute atomic E-state index is 0.646. The number of hydrogen-bond donors (Lipinski definition) is 1. The SMILES string of the molecule is SCCCCOCc1cccc(Cl)c1. The van der Waals surface area contributed by atoms with E-state index in [0.29, 0.717) is 6.61 Å². The van der Waals surface area contributed by atoms with E-state index in [4.69, 9.17) is 16.3 Å². The van der Waals surface area contributed by atoms with Crippen LogP contribution in [0.3, 0.4) is 0 Å². The molecule has 0 amide bonds.